The maximum atomic E-state index is 11.9. The molecule has 2 rings (SSSR count). The lowest BCUT2D eigenvalue weighted by Gasteiger charge is -2.11. The lowest BCUT2D eigenvalue weighted by Crippen LogP contribution is -2.21. The molecule has 2 aromatic carbocycles. The van der Waals surface area contributed by atoms with Gasteiger partial charge in [0.15, 0.2) is 6.61 Å². The van der Waals surface area contributed by atoms with Gasteiger partial charge in [-0.05, 0) is 49.2 Å². The van der Waals surface area contributed by atoms with E-state index in [-0.39, 0.29) is 6.61 Å². The van der Waals surface area contributed by atoms with Crippen LogP contribution in [0.3, 0.4) is 0 Å². The zero-order valence-electron chi connectivity index (χ0n) is 12.9. The molecule has 0 aliphatic heterocycles. The summed E-state index contributed by atoms with van der Waals surface area (Å²) in [5.41, 5.74) is 3.36. The number of ether oxygens (including phenoxy) is 1. The van der Waals surface area contributed by atoms with Crippen molar-refractivity contribution >= 4 is 17.6 Å². The summed E-state index contributed by atoms with van der Waals surface area (Å²) in [6.07, 6.45) is 0. The third-order valence-corrected chi connectivity index (χ3v) is 3.33. The number of nitrogens with one attached hydrogen (secondary N) is 1. The van der Waals surface area contributed by atoms with E-state index in [2.05, 4.69) is 5.32 Å². The van der Waals surface area contributed by atoms with Crippen molar-refractivity contribution in [1.29, 1.82) is 5.26 Å². The first-order valence-electron chi connectivity index (χ1n) is 7.04. The van der Waals surface area contributed by atoms with Crippen LogP contribution in [0.15, 0.2) is 42.5 Å². The van der Waals surface area contributed by atoms with E-state index in [4.69, 9.17) is 10.00 Å². The molecule has 5 heteroatoms. The summed E-state index contributed by atoms with van der Waals surface area (Å²) in [6, 6.07) is 13.7. The Morgan fingerprint density at radius 1 is 1.09 bits per heavy atom. The van der Waals surface area contributed by atoms with Crippen molar-refractivity contribution in [2.24, 2.45) is 0 Å². The molecule has 0 radical (unpaired) electrons. The minimum absolute atomic E-state index is 0.295. The monoisotopic (exact) mass is 308 g/mol. The molecule has 0 atom stereocenters. The van der Waals surface area contributed by atoms with Crippen molar-refractivity contribution in [3.63, 3.8) is 0 Å². The number of carbonyl (C=O) groups is 2. The van der Waals surface area contributed by atoms with Crippen LogP contribution in [0.2, 0.25) is 0 Å². The molecule has 0 saturated heterocycles. The fourth-order valence-corrected chi connectivity index (χ4v) is 2.08. The zero-order chi connectivity index (χ0) is 16.8. The SMILES string of the molecule is Cc1cccc(C)c1NC(=O)COC(=O)c1ccc(C#N)cc1. The molecule has 1 amide bonds. The number of rotatable bonds is 4. The number of para-hydroxylation sites is 1. The second kappa shape index (κ2) is 7.23. The van der Waals surface area contributed by atoms with Crippen LogP contribution in [0.4, 0.5) is 5.69 Å². The van der Waals surface area contributed by atoms with E-state index in [1.165, 1.54) is 24.3 Å². The second-order valence-corrected chi connectivity index (χ2v) is 5.08. The highest BCUT2D eigenvalue weighted by Crippen LogP contribution is 2.19. The molecule has 0 unspecified atom stereocenters. The number of nitrogens with zero attached hydrogens (tertiary/aromatic N) is 1. The Labute approximate surface area is 134 Å². The van der Waals surface area contributed by atoms with E-state index < -0.39 is 11.9 Å². The van der Waals surface area contributed by atoms with Crippen LogP contribution >= 0.6 is 0 Å². The number of amides is 1. The molecule has 0 spiro atoms. The van der Waals surface area contributed by atoms with E-state index in [1.54, 1.807) is 0 Å². The predicted octanol–water partition coefficient (Wildman–Crippen LogP) is 2.97. The lowest BCUT2D eigenvalue weighted by atomic mass is 10.1. The number of hydrogen-bond acceptors (Lipinski definition) is 4. The summed E-state index contributed by atoms with van der Waals surface area (Å²) in [4.78, 5) is 23.8. The largest absolute Gasteiger partial charge is 0.452 e. The van der Waals surface area contributed by atoms with Gasteiger partial charge in [0, 0.05) is 5.69 Å². The number of carbonyl (C=O) groups excluding carboxylic acids is 2. The van der Waals surface area contributed by atoms with Gasteiger partial charge in [-0.2, -0.15) is 5.26 Å². The molecule has 0 aliphatic carbocycles. The van der Waals surface area contributed by atoms with Crippen LogP contribution in [0.25, 0.3) is 0 Å². The van der Waals surface area contributed by atoms with Crippen LogP contribution in [-0.4, -0.2) is 18.5 Å². The summed E-state index contributed by atoms with van der Waals surface area (Å²) in [5, 5.41) is 11.5. The highest BCUT2D eigenvalue weighted by Gasteiger charge is 2.12. The van der Waals surface area contributed by atoms with Gasteiger partial charge in [-0.1, -0.05) is 18.2 Å². The number of benzene rings is 2. The molecule has 0 aliphatic rings. The Morgan fingerprint density at radius 3 is 2.26 bits per heavy atom. The maximum absolute atomic E-state index is 11.9. The van der Waals surface area contributed by atoms with Crippen molar-refractivity contribution in [1.82, 2.24) is 0 Å². The highest BCUT2D eigenvalue weighted by molar-refractivity contribution is 5.96. The first-order chi connectivity index (χ1) is 11.0. The number of aryl methyl sites for hydroxylation is 2. The van der Waals surface area contributed by atoms with Gasteiger partial charge < -0.3 is 10.1 Å². The first-order valence-corrected chi connectivity index (χ1v) is 7.04. The van der Waals surface area contributed by atoms with Crippen molar-refractivity contribution < 1.29 is 14.3 Å². The van der Waals surface area contributed by atoms with Gasteiger partial charge >= 0.3 is 5.97 Å². The summed E-state index contributed by atoms with van der Waals surface area (Å²) in [6.45, 7) is 3.42. The quantitative estimate of drug-likeness (QED) is 0.881. The van der Waals surface area contributed by atoms with E-state index >= 15 is 0 Å². The Balaban J connectivity index is 1.93. The lowest BCUT2D eigenvalue weighted by molar-refractivity contribution is -0.119. The molecule has 0 aromatic heterocycles. The Hall–Kier alpha value is -3.13. The Bertz CT molecular complexity index is 754. The van der Waals surface area contributed by atoms with Gasteiger partial charge in [-0.15, -0.1) is 0 Å². The average Bonchev–Trinajstić information content (AvgIpc) is 2.56. The molecule has 1 N–H and O–H groups in total. The van der Waals surface area contributed by atoms with Crippen molar-refractivity contribution in [3.05, 3.63) is 64.7 Å². The molecule has 23 heavy (non-hydrogen) atoms. The van der Waals surface area contributed by atoms with Gasteiger partial charge in [0.25, 0.3) is 5.91 Å². The molecule has 0 heterocycles. The molecule has 2 aromatic rings. The third kappa shape index (κ3) is 4.17. The molecule has 116 valence electrons. The van der Waals surface area contributed by atoms with Crippen LogP contribution in [0.5, 0.6) is 0 Å². The van der Waals surface area contributed by atoms with Gasteiger partial charge in [0.1, 0.15) is 0 Å². The minimum Gasteiger partial charge on any atom is -0.452 e. The van der Waals surface area contributed by atoms with Gasteiger partial charge in [0.05, 0.1) is 17.2 Å². The van der Waals surface area contributed by atoms with Crippen LogP contribution in [0.1, 0.15) is 27.0 Å². The molecule has 5 nitrogen and oxygen atoms in total. The molecular formula is C18H16N2O3. The Morgan fingerprint density at radius 2 is 1.70 bits per heavy atom. The Kier molecular flexibility index (Phi) is 5.11. The van der Waals surface area contributed by atoms with Crippen LogP contribution < -0.4 is 5.32 Å². The molecule has 0 bridgehead atoms. The summed E-state index contributed by atoms with van der Waals surface area (Å²) in [5.74, 6) is -1.00. The number of hydrogen-bond donors (Lipinski definition) is 1. The number of anilines is 1. The van der Waals surface area contributed by atoms with Gasteiger partial charge in [0.2, 0.25) is 0 Å². The topological polar surface area (TPSA) is 79.2 Å². The highest BCUT2D eigenvalue weighted by atomic mass is 16.5. The minimum atomic E-state index is -0.605. The second-order valence-electron chi connectivity index (χ2n) is 5.08. The smallest absolute Gasteiger partial charge is 0.338 e. The van der Waals surface area contributed by atoms with Gasteiger partial charge in [-0.3, -0.25) is 4.79 Å². The molecule has 0 saturated carbocycles. The summed E-state index contributed by atoms with van der Waals surface area (Å²) < 4.78 is 4.98. The predicted molar refractivity (Wildman–Crippen MR) is 86.0 cm³/mol. The van der Waals surface area contributed by atoms with E-state index in [0.717, 1.165) is 16.8 Å². The zero-order valence-corrected chi connectivity index (χ0v) is 12.9. The average molecular weight is 308 g/mol. The van der Waals surface area contributed by atoms with E-state index in [0.29, 0.717) is 11.1 Å². The fourth-order valence-electron chi connectivity index (χ4n) is 2.08. The van der Waals surface area contributed by atoms with Crippen molar-refractivity contribution in [2.45, 2.75) is 13.8 Å². The fraction of sp³-hybridized carbons (Fsp3) is 0.167. The van der Waals surface area contributed by atoms with E-state index in [1.807, 2.05) is 38.1 Å². The van der Waals surface area contributed by atoms with Crippen molar-refractivity contribution in [3.8, 4) is 6.07 Å². The molecule has 0 fully saturated rings. The summed E-state index contributed by atoms with van der Waals surface area (Å²) >= 11 is 0. The normalized spacial score (nSPS) is 9.78. The number of nitriles is 1. The maximum Gasteiger partial charge on any atom is 0.338 e. The van der Waals surface area contributed by atoms with Crippen LogP contribution in [-0.2, 0) is 9.53 Å². The van der Waals surface area contributed by atoms with Crippen molar-refractivity contribution in [2.75, 3.05) is 11.9 Å². The first kappa shape index (κ1) is 16.2. The molecular weight excluding hydrogens is 292 g/mol. The van der Waals surface area contributed by atoms with E-state index in [9.17, 15) is 9.59 Å². The standard InChI is InChI=1S/C18H16N2O3/c1-12-4-3-5-13(2)17(12)20-16(21)11-23-18(22)15-8-6-14(10-19)7-9-15/h3-9H,11H2,1-2H3,(H,20,21). The number of esters is 1. The van der Waals surface area contributed by atoms with Gasteiger partial charge in [-0.25, -0.2) is 4.79 Å². The third-order valence-electron chi connectivity index (χ3n) is 3.33. The summed E-state index contributed by atoms with van der Waals surface area (Å²) in [7, 11) is 0. The van der Waals surface area contributed by atoms with Crippen LogP contribution in [0, 0.1) is 25.2 Å².